The first-order valence-corrected chi connectivity index (χ1v) is 8.69. The molecule has 2 amide bonds. The Kier molecular flexibility index (Phi) is 4.72. The maximum atomic E-state index is 12.9. The Morgan fingerprint density at radius 3 is 2.28 bits per heavy atom. The highest BCUT2D eigenvalue weighted by molar-refractivity contribution is 7.15. The van der Waals surface area contributed by atoms with Crippen molar-refractivity contribution < 1.29 is 9.59 Å². The molecule has 0 radical (unpaired) electrons. The van der Waals surface area contributed by atoms with Crippen LogP contribution in [0.4, 0.5) is 11.4 Å². The minimum atomic E-state index is -0.162. The largest absolute Gasteiger partial charge is 0.326 e. The molecular formula is C19H19N3O2S. The van der Waals surface area contributed by atoms with Crippen LogP contribution in [0, 0.1) is 13.8 Å². The topological polar surface area (TPSA) is 63.1 Å². The van der Waals surface area contributed by atoms with Gasteiger partial charge in [0.05, 0.1) is 5.56 Å². The number of thiophene rings is 1. The third kappa shape index (κ3) is 3.64. The van der Waals surface area contributed by atoms with Crippen LogP contribution < -0.4 is 10.6 Å². The van der Waals surface area contributed by atoms with Crippen LogP contribution in [0.5, 0.6) is 0 Å². The SMILES string of the molecule is CC(=O)Nc1cccc(NC(=O)c2c(-n3cccc3)sc(C)c2C)c1. The molecule has 0 atom stereocenters. The van der Waals surface area contributed by atoms with E-state index < -0.39 is 0 Å². The molecule has 0 bridgehead atoms. The highest BCUT2D eigenvalue weighted by atomic mass is 32.1. The van der Waals surface area contributed by atoms with Crippen LogP contribution in [0.15, 0.2) is 48.8 Å². The highest BCUT2D eigenvalue weighted by Gasteiger charge is 2.20. The first-order chi connectivity index (χ1) is 12.0. The van der Waals surface area contributed by atoms with Gasteiger partial charge in [0, 0.05) is 35.6 Å². The van der Waals surface area contributed by atoms with Crippen LogP contribution in [0.25, 0.3) is 5.00 Å². The summed E-state index contributed by atoms with van der Waals surface area (Å²) in [5, 5.41) is 6.55. The highest BCUT2D eigenvalue weighted by Crippen LogP contribution is 2.31. The van der Waals surface area contributed by atoms with Crippen molar-refractivity contribution >= 4 is 34.5 Å². The van der Waals surface area contributed by atoms with Gasteiger partial charge in [0.2, 0.25) is 5.91 Å². The molecular weight excluding hydrogens is 334 g/mol. The quantitative estimate of drug-likeness (QED) is 0.732. The first kappa shape index (κ1) is 17.0. The number of aryl methyl sites for hydroxylation is 1. The summed E-state index contributed by atoms with van der Waals surface area (Å²) in [7, 11) is 0. The van der Waals surface area contributed by atoms with Gasteiger partial charge in [-0.1, -0.05) is 6.07 Å². The molecule has 0 aliphatic carbocycles. The number of carbonyl (C=O) groups is 2. The van der Waals surface area contributed by atoms with Gasteiger partial charge in [-0.15, -0.1) is 11.3 Å². The number of hydrogen-bond donors (Lipinski definition) is 2. The van der Waals surface area contributed by atoms with Crippen LogP contribution >= 0.6 is 11.3 Å². The normalized spacial score (nSPS) is 10.5. The predicted octanol–water partition coefficient (Wildman–Crippen LogP) is 4.37. The number of aromatic nitrogens is 1. The molecule has 25 heavy (non-hydrogen) atoms. The molecule has 1 aromatic carbocycles. The van der Waals surface area contributed by atoms with E-state index in [0.29, 0.717) is 16.9 Å². The lowest BCUT2D eigenvalue weighted by Crippen LogP contribution is -2.15. The molecule has 0 spiro atoms. The minimum Gasteiger partial charge on any atom is -0.326 e. The summed E-state index contributed by atoms with van der Waals surface area (Å²) in [6, 6.07) is 11.0. The molecule has 0 saturated heterocycles. The minimum absolute atomic E-state index is 0.150. The zero-order valence-electron chi connectivity index (χ0n) is 14.3. The van der Waals surface area contributed by atoms with E-state index in [1.54, 1.807) is 35.6 Å². The van der Waals surface area contributed by atoms with Gasteiger partial charge >= 0.3 is 0 Å². The number of rotatable bonds is 4. The number of nitrogens with one attached hydrogen (secondary N) is 2. The molecule has 0 fully saturated rings. The Hall–Kier alpha value is -2.86. The van der Waals surface area contributed by atoms with Crippen molar-refractivity contribution in [1.82, 2.24) is 4.57 Å². The monoisotopic (exact) mass is 353 g/mol. The molecule has 5 nitrogen and oxygen atoms in total. The summed E-state index contributed by atoms with van der Waals surface area (Å²) in [5.41, 5.74) is 2.93. The average Bonchev–Trinajstić information content (AvgIpc) is 3.16. The van der Waals surface area contributed by atoms with Crippen LogP contribution in [0.2, 0.25) is 0 Å². The summed E-state index contributed by atoms with van der Waals surface area (Å²) in [5.74, 6) is -0.312. The molecule has 6 heteroatoms. The zero-order valence-corrected chi connectivity index (χ0v) is 15.1. The van der Waals surface area contributed by atoms with E-state index in [-0.39, 0.29) is 11.8 Å². The summed E-state index contributed by atoms with van der Waals surface area (Å²) in [4.78, 5) is 25.2. The van der Waals surface area contributed by atoms with E-state index in [2.05, 4.69) is 10.6 Å². The van der Waals surface area contributed by atoms with Gasteiger partial charge in [0.25, 0.3) is 5.91 Å². The van der Waals surface area contributed by atoms with Crippen LogP contribution in [0.3, 0.4) is 0 Å². The molecule has 2 heterocycles. The Morgan fingerprint density at radius 2 is 1.64 bits per heavy atom. The third-order valence-electron chi connectivity index (χ3n) is 3.87. The van der Waals surface area contributed by atoms with Crippen LogP contribution in [0.1, 0.15) is 27.7 Å². The standard InChI is InChI=1S/C19H19N3O2S/c1-12-13(2)25-19(22-9-4-5-10-22)17(12)18(24)21-16-8-6-7-15(11-16)20-14(3)23/h4-11H,1-3H3,(H,20,23)(H,21,24). The first-order valence-electron chi connectivity index (χ1n) is 7.88. The Balaban J connectivity index is 1.91. The fourth-order valence-corrected chi connectivity index (χ4v) is 3.72. The average molecular weight is 353 g/mol. The van der Waals surface area contributed by atoms with Crippen molar-refractivity contribution in [2.75, 3.05) is 10.6 Å². The maximum absolute atomic E-state index is 12.9. The predicted molar refractivity (Wildman–Crippen MR) is 102 cm³/mol. The van der Waals surface area contributed by atoms with E-state index in [4.69, 9.17) is 0 Å². The molecule has 3 rings (SSSR count). The molecule has 0 saturated carbocycles. The fourth-order valence-electron chi connectivity index (χ4n) is 2.60. The van der Waals surface area contributed by atoms with Gasteiger partial charge in [-0.3, -0.25) is 9.59 Å². The number of hydrogen-bond acceptors (Lipinski definition) is 3. The molecule has 0 aliphatic rings. The lowest BCUT2D eigenvalue weighted by molar-refractivity contribution is -0.114. The lowest BCUT2D eigenvalue weighted by Gasteiger charge is -2.10. The van der Waals surface area contributed by atoms with Crippen molar-refractivity contribution in [2.24, 2.45) is 0 Å². The number of benzene rings is 1. The van der Waals surface area contributed by atoms with E-state index in [1.807, 2.05) is 42.9 Å². The second kappa shape index (κ2) is 6.94. The van der Waals surface area contributed by atoms with Gasteiger partial charge in [-0.05, 0) is 49.7 Å². The molecule has 128 valence electrons. The number of anilines is 2. The van der Waals surface area contributed by atoms with Gasteiger partial charge in [-0.25, -0.2) is 0 Å². The Bertz CT molecular complexity index is 926. The van der Waals surface area contributed by atoms with Gasteiger partial charge in [0.1, 0.15) is 5.00 Å². The second-order valence-electron chi connectivity index (χ2n) is 5.77. The third-order valence-corrected chi connectivity index (χ3v) is 5.09. The molecule has 2 N–H and O–H groups in total. The summed E-state index contributed by atoms with van der Waals surface area (Å²) < 4.78 is 1.95. The van der Waals surface area contributed by atoms with Crippen LogP contribution in [-0.2, 0) is 4.79 Å². The number of carbonyl (C=O) groups excluding carboxylic acids is 2. The van der Waals surface area contributed by atoms with E-state index >= 15 is 0 Å². The lowest BCUT2D eigenvalue weighted by atomic mass is 10.1. The van der Waals surface area contributed by atoms with E-state index in [0.717, 1.165) is 15.4 Å². The van der Waals surface area contributed by atoms with Crippen molar-refractivity contribution in [2.45, 2.75) is 20.8 Å². The van der Waals surface area contributed by atoms with E-state index in [1.165, 1.54) is 6.92 Å². The maximum Gasteiger partial charge on any atom is 0.258 e. The second-order valence-corrected chi connectivity index (χ2v) is 6.97. The van der Waals surface area contributed by atoms with E-state index in [9.17, 15) is 9.59 Å². The smallest absolute Gasteiger partial charge is 0.258 e. The summed E-state index contributed by atoms with van der Waals surface area (Å²) >= 11 is 1.59. The molecule has 2 aromatic heterocycles. The zero-order chi connectivity index (χ0) is 18.0. The Morgan fingerprint density at radius 1 is 1.00 bits per heavy atom. The molecule has 0 aliphatic heterocycles. The summed E-state index contributed by atoms with van der Waals surface area (Å²) in [6.45, 7) is 5.43. The van der Waals surface area contributed by atoms with Gasteiger partial charge < -0.3 is 15.2 Å². The summed E-state index contributed by atoms with van der Waals surface area (Å²) in [6.07, 6.45) is 3.86. The molecule has 0 unspecified atom stereocenters. The molecule has 3 aromatic rings. The van der Waals surface area contributed by atoms with Crippen molar-refractivity contribution in [3.05, 3.63) is 64.8 Å². The van der Waals surface area contributed by atoms with Crippen molar-refractivity contribution in [1.29, 1.82) is 0 Å². The van der Waals surface area contributed by atoms with Crippen molar-refractivity contribution in [3.63, 3.8) is 0 Å². The fraction of sp³-hybridized carbons (Fsp3) is 0.158. The van der Waals surface area contributed by atoms with Crippen LogP contribution in [-0.4, -0.2) is 16.4 Å². The Labute approximate surface area is 150 Å². The van der Waals surface area contributed by atoms with Gasteiger partial charge in [0.15, 0.2) is 0 Å². The van der Waals surface area contributed by atoms with Gasteiger partial charge in [-0.2, -0.15) is 0 Å². The number of amides is 2. The number of nitrogens with zero attached hydrogens (tertiary/aromatic N) is 1. The van der Waals surface area contributed by atoms with Crippen molar-refractivity contribution in [3.8, 4) is 5.00 Å².